The maximum Gasteiger partial charge on any atom is 0.0467 e. The fraction of sp³-hybridized carbons (Fsp3) is 0.0545. The van der Waals surface area contributed by atoms with Gasteiger partial charge in [-0.15, -0.1) is 0 Å². The molecule has 0 atom stereocenters. The monoisotopic (exact) mass is 715 g/mol. The van der Waals surface area contributed by atoms with E-state index in [2.05, 4.69) is 231 Å². The first-order valence-corrected chi connectivity index (χ1v) is 19.5. The van der Waals surface area contributed by atoms with Gasteiger partial charge >= 0.3 is 0 Å². The summed E-state index contributed by atoms with van der Waals surface area (Å²) in [5.74, 6) is 0. The maximum atomic E-state index is 2.42. The van der Waals surface area contributed by atoms with Crippen molar-refractivity contribution in [3.63, 3.8) is 0 Å². The third kappa shape index (κ3) is 5.90. The predicted molar refractivity (Wildman–Crippen MR) is 238 cm³/mol. The van der Waals surface area contributed by atoms with Crippen LogP contribution in [0.2, 0.25) is 0 Å². The Kier molecular flexibility index (Phi) is 8.23. The van der Waals surface area contributed by atoms with Crippen LogP contribution in [0.15, 0.2) is 212 Å². The normalized spacial score (nSPS) is 12.6. The number of rotatable bonds is 7. The summed E-state index contributed by atoms with van der Waals surface area (Å²) in [6.45, 7) is 4.71. The van der Waals surface area contributed by atoms with Gasteiger partial charge in [0.1, 0.15) is 0 Å². The van der Waals surface area contributed by atoms with E-state index in [9.17, 15) is 0 Å². The van der Waals surface area contributed by atoms with Crippen LogP contribution in [-0.4, -0.2) is 0 Å². The average Bonchev–Trinajstić information content (AvgIpc) is 3.49. The van der Waals surface area contributed by atoms with Crippen LogP contribution in [0.25, 0.3) is 66.4 Å². The molecule has 0 amide bonds. The summed E-state index contributed by atoms with van der Waals surface area (Å²) in [5, 5.41) is 2.53. The molecule has 1 aliphatic carbocycles. The molecule has 0 saturated heterocycles. The highest BCUT2D eigenvalue weighted by molar-refractivity contribution is 5.97. The summed E-state index contributed by atoms with van der Waals surface area (Å²) < 4.78 is 0. The van der Waals surface area contributed by atoms with Gasteiger partial charge in [0, 0.05) is 22.5 Å². The molecule has 0 fully saturated rings. The van der Waals surface area contributed by atoms with Gasteiger partial charge in [-0.1, -0.05) is 178 Å². The van der Waals surface area contributed by atoms with E-state index in [1.807, 2.05) is 0 Å². The van der Waals surface area contributed by atoms with Crippen molar-refractivity contribution in [2.45, 2.75) is 19.3 Å². The molecule has 0 N–H and O–H groups in total. The Hall–Kier alpha value is -6.96. The van der Waals surface area contributed by atoms with Gasteiger partial charge in [-0.2, -0.15) is 0 Å². The highest BCUT2D eigenvalue weighted by Gasteiger charge is 2.35. The number of hydrogen-bond donors (Lipinski definition) is 0. The molecule has 0 radical (unpaired) electrons. The van der Waals surface area contributed by atoms with Gasteiger partial charge in [0.2, 0.25) is 0 Å². The fourth-order valence-electron chi connectivity index (χ4n) is 8.76. The maximum absolute atomic E-state index is 2.42. The second-order valence-corrected chi connectivity index (χ2v) is 15.4. The van der Waals surface area contributed by atoms with Crippen LogP contribution in [0.3, 0.4) is 0 Å². The minimum atomic E-state index is -0.105. The molecule has 56 heavy (non-hydrogen) atoms. The predicted octanol–water partition coefficient (Wildman–Crippen LogP) is 15.3. The summed E-state index contributed by atoms with van der Waals surface area (Å²) in [6.07, 6.45) is 0. The lowest BCUT2D eigenvalue weighted by molar-refractivity contribution is 0.660. The average molecular weight is 716 g/mol. The number of nitrogens with zero attached hydrogens (tertiary/aromatic N) is 1. The highest BCUT2D eigenvalue weighted by atomic mass is 15.1. The van der Waals surface area contributed by atoms with E-state index >= 15 is 0 Å². The molecule has 1 nitrogen and oxygen atoms in total. The van der Waals surface area contributed by atoms with Crippen LogP contribution in [0.4, 0.5) is 17.1 Å². The second-order valence-electron chi connectivity index (χ2n) is 15.4. The first-order valence-electron chi connectivity index (χ1n) is 19.5. The van der Waals surface area contributed by atoms with Crippen molar-refractivity contribution in [2.24, 2.45) is 0 Å². The molecule has 0 unspecified atom stereocenters. The van der Waals surface area contributed by atoms with Crippen molar-refractivity contribution in [3.05, 3.63) is 223 Å². The van der Waals surface area contributed by atoms with Crippen LogP contribution >= 0.6 is 0 Å². The lowest BCUT2D eigenvalue weighted by atomic mass is 9.82. The Labute approximate surface area is 329 Å². The van der Waals surface area contributed by atoms with E-state index in [1.54, 1.807) is 0 Å². The Morgan fingerprint density at radius 1 is 0.304 bits per heavy atom. The summed E-state index contributed by atoms with van der Waals surface area (Å²) in [7, 11) is 0. The Morgan fingerprint density at radius 3 is 1.61 bits per heavy atom. The lowest BCUT2D eigenvalue weighted by Gasteiger charge is -2.28. The van der Waals surface area contributed by atoms with Crippen LogP contribution in [0.5, 0.6) is 0 Å². The van der Waals surface area contributed by atoms with Gasteiger partial charge in [0.25, 0.3) is 0 Å². The van der Waals surface area contributed by atoms with Gasteiger partial charge in [-0.3, -0.25) is 0 Å². The molecule has 0 bridgehead atoms. The second kappa shape index (κ2) is 13.7. The van der Waals surface area contributed by atoms with E-state index in [1.165, 1.54) is 77.5 Å². The van der Waals surface area contributed by atoms with Gasteiger partial charge in [-0.25, -0.2) is 0 Å². The standard InChI is InChI=1S/C55H41N/c1-55(2)53-27-9-8-25-51(53)52-33-32-48(37-54(52)55)56(47-23-12-21-44(36-47)43-20-10-18-41(34-43)38-14-4-3-5-15-38)46-30-28-39(29-31-46)42-19-11-22-45(35-42)50-26-13-17-40-16-6-7-24-49(40)50/h3-37H,1-2H3. The third-order valence-corrected chi connectivity index (χ3v) is 11.7. The molecule has 0 saturated carbocycles. The molecule has 9 aromatic carbocycles. The summed E-state index contributed by atoms with van der Waals surface area (Å²) in [6, 6.07) is 77.6. The van der Waals surface area contributed by atoms with Gasteiger partial charge in [0.05, 0.1) is 0 Å². The Morgan fingerprint density at radius 2 is 0.804 bits per heavy atom. The molecule has 0 heterocycles. The molecule has 1 aliphatic rings. The van der Waals surface area contributed by atoms with E-state index in [0.717, 1.165) is 17.1 Å². The highest BCUT2D eigenvalue weighted by Crippen LogP contribution is 2.51. The number of anilines is 3. The largest absolute Gasteiger partial charge is 0.310 e. The smallest absolute Gasteiger partial charge is 0.0467 e. The van der Waals surface area contributed by atoms with Crippen LogP contribution in [0.1, 0.15) is 25.0 Å². The first kappa shape index (κ1) is 33.6. The van der Waals surface area contributed by atoms with Crippen molar-refractivity contribution in [1.29, 1.82) is 0 Å². The molecule has 266 valence electrons. The number of fused-ring (bicyclic) bond motifs is 4. The zero-order chi connectivity index (χ0) is 37.6. The number of benzene rings is 9. The zero-order valence-electron chi connectivity index (χ0n) is 31.7. The third-order valence-electron chi connectivity index (χ3n) is 11.7. The van der Waals surface area contributed by atoms with Crippen LogP contribution in [-0.2, 0) is 5.41 Å². The van der Waals surface area contributed by atoms with Gasteiger partial charge in [0.15, 0.2) is 0 Å². The zero-order valence-corrected chi connectivity index (χ0v) is 31.7. The summed E-state index contributed by atoms with van der Waals surface area (Å²) in [4.78, 5) is 2.42. The van der Waals surface area contributed by atoms with E-state index < -0.39 is 0 Å². The molecule has 1 heteroatoms. The Balaban J connectivity index is 1.07. The van der Waals surface area contributed by atoms with Crippen molar-refractivity contribution >= 4 is 27.8 Å². The molecule has 10 rings (SSSR count). The van der Waals surface area contributed by atoms with E-state index in [0.29, 0.717) is 0 Å². The Bertz CT molecular complexity index is 2880. The SMILES string of the molecule is CC1(C)c2ccccc2-c2ccc(N(c3ccc(-c4cccc(-c5cccc6ccccc56)c4)cc3)c3cccc(-c4cccc(-c5ccccc5)c4)c3)cc21. The van der Waals surface area contributed by atoms with Crippen LogP contribution < -0.4 is 4.90 Å². The minimum Gasteiger partial charge on any atom is -0.310 e. The molecule has 0 spiro atoms. The lowest BCUT2D eigenvalue weighted by Crippen LogP contribution is -2.16. The first-order chi connectivity index (χ1) is 27.5. The van der Waals surface area contributed by atoms with Gasteiger partial charge < -0.3 is 4.90 Å². The van der Waals surface area contributed by atoms with Crippen molar-refractivity contribution in [2.75, 3.05) is 4.90 Å². The molecule has 0 aliphatic heterocycles. The van der Waals surface area contributed by atoms with Crippen LogP contribution in [0, 0.1) is 0 Å². The van der Waals surface area contributed by atoms with Crippen molar-refractivity contribution in [1.82, 2.24) is 0 Å². The number of hydrogen-bond acceptors (Lipinski definition) is 1. The molecule has 0 aromatic heterocycles. The van der Waals surface area contributed by atoms with E-state index in [4.69, 9.17) is 0 Å². The summed E-state index contributed by atoms with van der Waals surface area (Å²) >= 11 is 0. The fourth-order valence-corrected chi connectivity index (χ4v) is 8.76. The summed E-state index contributed by atoms with van der Waals surface area (Å²) in [5.41, 5.74) is 18.3. The topological polar surface area (TPSA) is 3.24 Å². The van der Waals surface area contributed by atoms with Crippen molar-refractivity contribution in [3.8, 4) is 55.6 Å². The molecular weight excluding hydrogens is 675 g/mol. The van der Waals surface area contributed by atoms with E-state index in [-0.39, 0.29) is 5.41 Å². The quantitative estimate of drug-likeness (QED) is 0.159. The molecule has 9 aromatic rings. The van der Waals surface area contributed by atoms with Crippen molar-refractivity contribution < 1.29 is 0 Å². The minimum absolute atomic E-state index is 0.105. The van der Waals surface area contributed by atoms with Gasteiger partial charge in [-0.05, 0) is 126 Å². The molecular formula is C55H41N.